The van der Waals surface area contributed by atoms with Gasteiger partial charge < -0.3 is 20.1 Å². The van der Waals surface area contributed by atoms with Crippen molar-refractivity contribution in [2.24, 2.45) is 17.3 Å². The molecule has 0 aromatic heterocycles. The number of ketones is 1. The molecule has 0 unspecified atom stereocenters. The van der Waals surface area contributed by atoms with Crippen LogP contribution in [0.5, 0.6) is 0 Å². The van der Waals surface area contributed by atoms with E-state index in [1.165, 1.54) is 12.2 Å². The zero-order chi connectivity index (χ0) is 23.4. The van der Waals surface area contributed by atoms with Gasteiger partial charge in [-0.3, -0.25) is 4.79 Å². The Hall–Kier alpha value is -2.77. The Balaban J connectivity index is 2.18. The summed E-state index contributed by atoms with van der Waals surface area (Å²) in [5, 5.41) is 29.3. The van der Waals surface area contributed by atoms with Crippen LogP contribution in [-0.4, -0.2) is 51.4 Å². The number of aliphatic hydroxyl groups excluding tert-OH is 1. The first-order valence-electron chi connectivity index (χ1n) is 10.3. The topological polar surface area (TPSA) is 121 Å². The molecule has 0 saturated carbocycles. The number of ether oxygens (including phenoxy) is 1. The van der Waals surface area contributed by atoms with Gasteiger partial charge in [0.25, 0.3) is 0 Å². The van der Waals surface area contributed by atoms with Crippen LogP contribution < -0.4 is 0 Å². The minimum atomic E-state index is -2.22. The molecule has 2 aliphatic rings. The molecule has 3 N–H and O–H groups in total. The quantitative estimate of drug-likeness (QED) is 0.307. The average Bonchev–Trinajstić information content (AvgIpc) is 2.72. The van der Waals surface area contributed by atoms with Gasteiger partial charge in [0, 0.05) is 24.0 Å². The second-order valence-corrected chi connectivity index (χ2v) is 8.35. The third-order valence-corrected chi connectivity index (χ3v) is 6.44. The fraction of sp³-hybridized carbons (Fsp3) is 0.458. The van der Waals surface area contributed by atoms with E-state index in [2.05, 4.69) is 6.58 Å². The van der Waals surface area contributed by atoms with Gasteiger partial charge in [0.05, 0.1) is 5.57 Å². The summed E-state index contributed by atoms with van der Waals surface area (Å²) in [5.41, 5.74) is -2.95. The zero-order valence-electron chi connectivity index (χ0n) is 18.1. The number of aliphatic hydroxyl groups is 2. The standard InChI is InChI=1S/C24H30O7/c1-5-17(13-25)8-6-7-9-21(27)31-19-11-10-18-12-20(26)24(30,16(3)22(28)29)14-23(18,4)15(19)2/h6-12,15,17,19,25,30H,3,5,13-14H2,1-2,4H3,(H,28,29)/b8-6+,9-7+/t15-,17-,19-,23+,24+/m0/s1. The van der Waals surface area contributed by atoms with Gasteiger partial charge in [-0.2, -0.15) is 0 Å². The van der Waals surface area contributed by atoms with Gasteiger partial charge in [0.15, 0.2) is 11.4 Å². The number of hydrogen-bond donors (Lipinski definition) is 3. The number of carbonyl (C=O) groups excluding carboxylic acids is 2. The van der Waals surface area contributed by atoms with Gasteiger partial charge in [-0.05, 0) is 36.5 Å². The maximum absolute atomic E-state index is 12.5. The summed E-state index contributed by atoms with van der Waals surface area (Å²) in [6, 6.07) is 0. The third-order valence-electron chi connectivity index (χ3n) is 6.44. The van der Waals surface area contributed by atoms with Gasteiger partial charge in [-0.25, -0.2) is 9.59 Å². The van der Waals surface area contributed by atoms with Crippen LogP contribution in [0.3, 0.4) is 0 Å². The van der Waals surface area contributed by atoms with Crippen molar-refractivity contribution in [1.82, 2.24) is 0 Å². The molecule has 2 aliphatic carbocycles. The number of carboxylic acids is 1. The summed E-state index contributed by atoms with van der Waals surface area (Å²) in [7, 11) is 0. The molecule has 168 valence electrons. The Labute approximate surface area is 182 Å². The Kier molecular flexibility index (Phi) is 7.57. The predicted octanol–water partition coefficient (Wildman–Crippen LogP) is 2.51. The van der Waals surface area contributed by atoms with Crippen molar-refractivity contribution in [2.45, 2.75) is 45.3 Å². The van der Waals surface area contributed by atoms with Gasteiger partial charge in [0.2, 0.25) is 0 Å². The number of fused-ring (bicyclic) bond motifs is 1. The van der Waals surface area contributed by atoms with E-state index in [0.717, 1.165) is 6.42 Å². The number of carboxylic acid groups (broad SMARTS) is 1. The highest BCUT2D eigenvalue weighted by Crippen LogP contribution is 2.52. The van der Waals surface area contributed by atoms with E-state index < -0.39 is 40.4 Å². The number of esters is 1. The Morgan fingerprint density at radius 2 is 2.06 bits per heavy atom. The zero-order valence-corrected chi connectivity index (χ0v) is 18.1. The molecule has 0 aromatic rings. The lowest BCUT2D eigenvalue weighted by Gasteiger charge is -2.48. The Morgan fingerprint density at radius 1 is 1.39 bits per heavy atom. The fourth-order valence-corrected chi connectivity index (χ4v) is 3.96. The van der Waals surface area contributed by atoms with Crippen molar-refractivity contribution in [3.05, 3.63) is 60.3 Å². The Morgan fingerprint density at radius 3 is 2.65 bits per heavy atom. The van der Waals surface area contributed by atoms with Crippen LogP contribution in [-0.2, 0) is 19.1 Å². The molecule has 31 heavy (non-hydrogen) atoms. The monoisotopic (exact) mass is 430 g/mol. The minimum absolute atomic E-state index is 0.0282. The summed E-state index contributed by atoms with van der Waals surface area (Å²) in [5.74, 6) is -3.03. The first-order valence-corrected chi connectivity index (χ1v) is 10.3. The van der Waals surface area contributed by atoms with Crippen molar-refractivity contribution in [1.29, 1.82) is 0 Å². The van der Waals surface area contributed by atoms with E-state index in [9.17, 15) is 24.6 Å². The summed E-state index contributed by atoms with van der Waals surface area (Å²) in [6.07, 6.45) is 10.9. The van der Waals surface area contributed by atoms with Crippen molar-refractivity contribution >= 4 is 17.7 Å². The molecule has 2 rings (SSSR count). The predicted molar refractivity (Wildman–Crippen MR) is 115 cm³/mol. The first kappa shape index (κ1) is 24.5. The molecule has 0 heterocycles. The van der Waals surface area contributed by atoms with E-state index in [0.29, 0.717) is 5.57 Å². The van der Waals surface area contributed by atoms with Gasteiger partial charge >= 0.3 is 11.9 Å². The second-order valence-electron chi connectivity index (χ2n) is 8.35. The summed E-state index contributed by atoms with van der Waals surface area (Å²) in [4.78, 5) is 36.1. The highest BCUT2D eigenvalue weighted by Gasteiger charge is 2.54. The lowest BCUT2D eigenvalue weighted by molar-refractivity contribution is -0.148. The van der Waals surface area contributed by atoms with Gasteiger partial charge in [-0.15, -0.1) is 0 Å². The average molecular weight is 430 g/mol. The number of hydrogen-bond acceptors (Lipinski definition) is 6. The van der Waals surface area contributed by atoms with Crippen molar-refractivity contribution in [2.75, 3.05) is 6.61 Å². The van der Waals surface area contributed by atoms with Crippen LogP contribution in [0.1, 0.15) is 33.6 Å². The number of rotatable bonds is 8. The molecule has 0 aliphatic heterocycles. The van der Waals surface area contributed by atoms with Crippen LogP contribution in [0.25, 0.3) is 0 Å². The molecule has 0 fully saturated rings. The highest BCUT2D eigenvalue weighted by atomic mass is 16.5. The maximum atomic E-state index is 12.5. The second kappa shape index (κ2) is 9.58. The molecule has 5 atom stereocenters. The van der Waals surface area contributed by atoms with Crippen molar-refractivity contribution in [3.63, 3.8) is 0 Å². The number of aliphatic carboxylic acids is 1. The molecule has 0 radical (unpaired) electrons. The number of allylic oxidation sites excluding steroid dienone is 4. The lowest BCUT2D eigenvalue weighted by Crippen LogP contribution is -2.53. The van der Waals surface area contributed by atoms with E-state index in [1.54, 1.807) is 37.3 Å². The summed E-state index contributed by atoms with van der Waals surface area (Å²) >= 11 is 0. The van der Waals surface area contributed by atoms with E-state index in [1.807, 2.05) is 13.8 Å². The molecule has 0 amide bonds. The van der Waals surface area contributed by atoms with E-state index in [-0.39, 0.29) is 24.9 Å². The summed E-state index contributed by atoms with van der Waals surface area (Å²) < 4.78 is 5.55. The van der Waals surface area contributed by atoms with Crippen molar-refractivity contribution < 1.29 is 34.4 Å². The highest BCUT2D eigenvalue weighted by molar-refractivity contribution is 6.08. The molecule has 7 nitrogen and oxygen atoms in total. The largest absolute Gasteiger partial charge is 0.478 e. The fourth-order valence-electron chi connectivity index (χ4n) is 3.96. The smallest absolute Gasteiger partial charge is 0.334 e. The molecule has 0 saturated heterocycles. The molecular formula is C24H30O7. The van der Waals surface area contributed by atoms with Crippen LogP contribution >= 0.6 is 0 Å². The van der Waals surface area contributed by atoms with E-state index >= 15 is 0 Å². The first-order chi connectivity index (χ1) is 14.5. The molecule has 0 aromatic carbocycles. The third kappa shape index (κ3) is 4.94. The lowest BCUT2D eigenvalue weighted by atomic mass is 9.57. The molecule has 0 spiro atoms. The van der Waals surface area contributed by atoms with Crippen LogP contribution in [0.2, 0.25) is 0 Å². The minimum Gasteiger partial charge on any atom is -0.478 e. The van der Waals surface area contributed by atoms with E-state index in [4.69, 9.17) is 9.84 Å². The molecular weight excluding hydrogens is 400 g/mol. The summed E-state index contributed by atoms with van der Waals surface area (Å²) in [6.45, 7) is 9.01. The molecule has 0 bridgehead atoms. The van der Waals surface area contributed by atoms with Gasteiger partial charge in [-0.1, -0.05) is 51.7 Å². The van der Waals surface area contributed by atoms with Crippen LogP contribution in [0, 0.1) is 17.3 Å². The maximum Gasteiger partial charge on any atom is 0.334 e. The van der Waals surface area contributed by atoms with Crippen LogP contribution in [0.4, 0.5) is 0 Å². The SMILES string of the molecule is C=C(C(=O)O)[C@]1(O)C[C@@]2(C)C(=CC1=O)C=C[C@H](OC(=O)/C=C/C=C/[C@H](CC)CO)[C@@H]2C. The normalized spacial score (nSPS) is 31.4. The van der Waals surface area contributed by atoms with Gasteiger partial charge in [0.1, 0.15) is 6.10 Å². The van der Waals surface area contributed by atoms with Crippen molar-refractivity contribution in [3.8, 4) is 0 Å². The van der Waals surface area contributed by atoms with Crippen LogP contribution in [0.15, 0.2) is 60.3 Å². The Bertz CT molecular complexity index is 874. The molecule has 7 heteroatoms. The number of carbonyl (C=O) groups is 3.